The van der Waals surface area contributed by atoms with Crippen LogP contribution in [0.1, 0.15) is 36.0 Å². The third-order valence-corrected chi connectivity index (χ3v) is 6.22. The van der Waals surface area contributed by atoms with Crippen molar-refractivity contribution in [1.29, 1.82) is 5.26 Å². The Hall–Kier alpha value is -3.96. The topological polar surface area (TPSA) is 114 Å². The van der Waals surface area contributed by atoms with Crippen molar-refractivity contribution < 1.29 is 0 Å². The van der Waals surface area contributed by atoms with Gasteiger partial charge in [-0.25, -0.2) is 9.97 Å². The normalized spacial score (nSPS) is 15.7. The van der Waals surface area contributed by atoms with E-state index in [0.717, 1.165) is 12.8 Å². The van der Waals surface area contributed by atoms with Gasteiger partial charge in [0, 0.05) is 6.54 Å². The number of aromatic nitrogens is 4. The fraction of sp³-hybridized carbons (Fsp3) is 0.208. The Balaban J connectivity index is 1.79. The number of hydrogen-bond acceptors (Lipinski definition) is 7. The largest absolute Gasteiger partial charge is 0.368 e. The minimum absolute atomic E-state index is 0.103. The second-order valence-corrected chi connectivity index (χ2v) is 8.32. The highest BCUT2D eigenvalue weighted by Crippen LogP contribution is 2.37. The fourth-order valence-corrected chi connectivity index (χ4v) is 4.71. The summed E-state index contributed by atoms with van der Waals surface area (Å²) in [6.45, 7) is 2.38. The molecular formula is C24H20ClN7O. The molecule has 8 nitrogen and oxygen atoms in total. The summed E-state index contributed by atoms with van der Waals surface area (Å²) in [5, 5.41) is 10.5. The maximum absolute atomic E-state index is 13.7. The van der Waals surface area contributed by atoms with Gasteiger partial charge >= 0.3 is 0 Å². The number of anilines is 2. The summed E-state index contributed by atoms with van der Waals surface area (Å²) in [5.41, 5.74) is 7.80. The number of nitrogen functional groups attached to an aromatic ring is 1. The number of halogens is 1. The number of nitrogens with two attached hydrogens (primary N) is 1. The number of para-hydroxylation sites is 1. The highest BCUT2D eigenvalue weighted by molar-refractivity contribution is 6.35. The maximum Gasteiger partial charge on any atom is 0.267 e. The van der Waals surface area contributed by atoms with Crippen LogP contribution in [0.5, 0.6) is 0 Å². The molecule has 5 rings (SSSR count). The molecule has 9 heteroatoms. The second-order valence-electron chi connectivity index (χ2n) is 7.91. The van der Waals surface area contributed by atoms with Crippen molar-refractivity contribution in [3.63, 3.8) is 0 Å². The highest BCUT2D eigenvalue weighted by Gasteiger charge is 2.34. The van der Waals surface area contributed by atoms with E-state index in [4.69, 9.17) is 22.3 Å². The Morgan fingerprint density at radius 1 is 1.12 bits per heavy atom. The van der Waals surface area contributed by atoms with E-state index in [-0.39, 0.29) is 17.5 Å². The summed E-state index contributed by atoms with van der Waals surface area (Å²) in [5.74, 6) is 1.13. The van der Waals surface area contributed by atoms with E-state index in [1.54, 1.807) is 29.7 Å². The van der Waals surface area contributed by atoms with Crippen molar-refractivity contribution >= 4 is 34.3 Å². The molecule has 0 saturated carbocycles. The van der Waals surface area contributed by atoms with Crippen LogP contribution in [0, 0.1) is 18.3 Å². The first-order chi connectivity index (χ1) is 16.0. The molecule has 3 heterocycles. The molecule has 0 spiro atoms. The number of benzene rings is 2. The van der Waals surface area contributed by atoms with Crippen molar-refractivity contribution in [2.45, 2.75) is 25.8 Å². The average Bonchev–Trinajstić information content (AvgIpc) is 3.28. The van der Waals surface area contributed by atoms with E-state index in [2.05, 4.69) is 16.0 Å². The number of aryl methyl sites for hydroxylation is 1. The molecule has 0 bridgehead atoms. The van der Waals surface area contributed by atoms with Crippen molar-refractivity contribution in [3.05, 3.63) is 81.0 Å². The lowest BCUT2D eigenvalue weighted by Crippen LogP contribution is -2.32. The SMILES string of the molecule is Cc1nc(N)nc(N2CCC[C@H]2c2nc3cccc(Cl)c3c(=O)n2-c2ccccc2)c1C#N. The van der Waals surface area contributed by atoms with E-state index in [1.807, 2.05) is 35.2 Å². The molecule has 2 aromatic carbocycles. The number of rotatable bonds is 3. The third kappa shape index (κ3) is 3.47. The van der Waals surface area contributed by atoms with Gasteiger partial charge in [-0.05, 0) is 44.0 Å². The van der Waals surface area contributed by atoms with E-state index >= 15 is 0 Å². The lowest BCUT2D eigenvalue weighted by molar-refractivity contribution is 0.632. The summed E-state index contributed by atoms with van der Waals surface area (Å²) in [4.78, 5) is 29.2. The fourth-order valence-electron chi connectivity index (χ4n) is 4.46. The summed E-state index contributed by atoms with van der Waals surface area (Å²) in [6.07, 6.45) is 1.58. The van der Waals surface area contributed by atoms with Crippen LogP contribution in [0.25, 0.3) is 16.6 Å². The Bertz CT molecular complexity index is 1480. The van der Waals surface area contributed by atoms with Gasteiger partial charge in [-0.15, -0.1) is 0 Å². The first-order valence-electron chi connectivity index (χ1n) is 10.6. The molecule has 164 valence electrons. The Labute approximate surface area is 194 Å². The summed E-state index contributed by atoms with van der Waals surface area (Å²) in [7, 11) is 0. The quantitative estimate of drug-likeness (QED) is 0.495. The zero-order chi connectivity index (χ0) is 23.1. The molecule has 0 unspecified atom stereocenters. The molecule has 1 fully saturated rings. The van der Waals surface area contributed by atoms with E-state index in [1.165, 1.54) is 0 Å². The first kappa shape index (κ1) is 20.9. The minimum atomic E-state index is -0.290. The highest BCUT2D eigenvalue weighted by atomic mass is 35.5. The first-order valence-corrected chi connectivity index (χ1v) is 10.9. The summed E-state index contributed by atoms with van der Waals surface area (Å²) >= 11 is 6.40. The lowest BCUT2D eigenvalue weighted by Gasteiger charge is -2.28. The predicted molar refractivity (Wildman–Crippen MR) is 128 cm³/mol. The van der Waals surface area contributed by atoms with Gasteiger partial charge < -0.3 is 10.6 Å². The maximum atomic E-state index is 13.7. The molecule has 1 aliphatic heterocycles. The zero-order valence-corrected chi connectivity index (χ0v) is 18.6. The van der Waals surface area contributed by atoms with E-state index in [0.29, 0.717) is 51.1 Å². The molecule has 1 saturated heterocycles. The van der Waals surface area contributed by atoms with Crippen LogP contribution in [-0.4, -0.2) is 26.1 Å². The third-order valence-electron chi connectivity index (χ3n) is 5.91. The van der Waals surface area contributed by atoms with Crippen molar-refractivity contribution in [2.75, 3.05) is 17.2 Å². The molecule has 2 N–H and O–H groups in total. The van der Waals surface area contributed by atoms with Gasteiger partial charge in [0.05, 0.1) is 33.3 Å². The number of nitriles is 1. The van der Waals surface area contributed by atoms with Crippen LogP contribution in [0.4, 0.5) is 11.8 Å². The molecule has 33 heavy (non-hydrogen) atoms. The van der Waals surface area contributed by atoms with E-state index in [9.17, 15) is 10.1 Å². The molecule has 0 amide bonds. The van der Waals surface area contributed by atoms with Crippen LogP contribution in [0.3, 0.4) is 0 Å². The molecule has 1 aliphatic rings. The number of fused-ring (bicyclic) bond motifs is 1. The standard InChI is InChI=1S/C24H20ClN7O/c1-14-16(13-26)21(30-24(27)28-14)31-12-6-11-19(31)22-29-18-10-5-9-17(25)20(18)23(33)32(22)15-7-3-2-4-8-15/h2-5,7-10,19H,6,11-12H2,1H3,(H2,27,28,30)/t19-/m0/s1. The van der Waals surface area contributed by atoms with Crippen LogP contribution >= 0.6 is 11.6 Å². The monoisotopic (exact) mass is 457 g/mol. The predicted octanol–water partition coefficient (Wildman–Crippen LogP) is 3.93. The lowest BCUT2D eigenvalue weighted by atomic mass is 10.1. The van der Waals surface area contributed by atoms with Gasteiger partial charge in [0.1, 0.15) is 17.5 Å². The van der Waals surface area contributed by atoms with Crippen LogP contribution < -0.4 is 16.2 Å². The average molecular weight is 458 g/mol. The molecule has 0 aliphatic carbocycles. The van der Waals surface area contributed by atoms with Gasteiger partial charge in [-0.2, -0.15) is 10.2 Å². The van der Waals surface area contributed by atoms with Crippen LogP contribution in [0.2, 0.25) is 5.02 Å². The summed E-state index contributed by atoms with van der Waals surface area (Å²) in [6, 6.07) is 16.5. The minimum Gasteiger partial charge on any atom is -0.368 e. The summed E-state index contributed by atoms with van der Waals surface area (Å²) < 4.78 is 1.61. The molecule has 4 aromatic rings. The Morgan fingerprint density at radius 2 is 1.91 bits per heavy atom. The molecule has 1 atom stereocenters. The molecule has 0 radical (unpaired) electrons. The van der Waals surface area contributed by atoms with Crippen molar-refractivity contribution in [1.82, 2.24) is 19.5 Å². The van der Waals surface area contributed by atoms with Gasteiger partial charge in [0.2, 0.25) is 5.95 Å². The van der Waals surface area contributed by atoms with Gasteiger partial charge in [-0.1, -0.05) is 35.9 Å². The molecular weight excluding hydrogens is 438 g/mol. The van der Waals surface area contributed by atoms with Crippen LogP contribution in [-0.2, 0) is 0 Å². The number of hydrogen-bond donors (Lipinski definition) is 1. The molecule has 2 aromatic heterocycles. The van der Waals surface area contributed by atoms with Gasteiger partial charge in [-0.3, -0.25) is 9.36 Å². The van der Waals surface area contributed by atoms with Crippen molar-refractivity contribution in [2.24, 2.45) is 0 Å². The Morgan fingerprint density at radius 3 is 2.67 bits per heavy atom. The van der Waals surface area contributed by atoms with E-state index < -0.39 is 0 Å². The smallest absolute Gasteiger partial charge is 0.267 e. The van der Waals surface area contributed by atoms with Crippen molar-refractivity contribution in [3.8, 4) is 11.8 Å². The second kappa shape index (κ2) is 8.19. The van der Waals surface area contributed by atoms with Crippen LogP contribution in [0.15, 0.2) is 53.3 Å². The van der Waals surface area contributed by atoms with Gasteiger partial charge in [0.15, 0.2) is 5.82 Å². The van der Waals surface area contributed by atoms with Gasteiger partial charge in [0.25, 0.3) is 5.56 Å². The number of nitrogens with zero attached hydrogens (tertiary/aromatic N) is 6. The Kier molecular flexibility index (Phi) is 5.19. The zero-order valence-electron chi connectivity index (χ0n) is 17.9.